The van der Waals surface area contributed by atoms with Crippen LogP contribution in [-0.4, -0.2) is 65.7 Å². The molecule has 1 saturated carbocycles. The second-order valence-electron chi connectivity index (χ2n) is 10.2. The highest BCUT2D eigenvalue weighted by atomic mass is 16.3. The molecule has 0 bridgehead atoms. The number of hydrogen-bond donors (Lipinski definition) is 2. The number of aryl methyl sites for hydroxylation is 1. The Labute approximate surface area is 211 Å². The summed E-state index contributed by atoms with van der Waals surface area (Å²) in [6.45, 7) is 4.09. The predicted octanol–water partition coefficient (Wildman–Crippen LogP) is 3.43. The van der Waals surface area contributed by atoms with Gasteiger partial charge in [-0.1, -0.05) is 6.42 Å². The van der Waals surface area contributed by atoms with Crippen LogP contribution in [0.15, 0.2) is 33.7 Å². The van der Waals surface area contributed by atoms with Gasteiger partial charge in [-0.05, 0) is 76.1 Å². The van der Waals surface area contributed by atoms with E-state index < -0.39 is 6.04 Å². The van der Waals surface area contributed by atoms with Crippen molar-refractivity contribution in [2.45, 2.75) is 64.3 Å². The molecule has 1 aromatic heterocycles. The number of benzene rings is 1. The number of carbonyl (C=O) groups excluding carboxylic acids is 3. The number of amides is 3. The summed E-state index contributed by atoms with van der Waals surface area (Å²) in [6, 6.07) is 6.98. The Morgan fingerprint density at radius 3 is 2.56 bits per heavy atom. The number of likely N-dealkylation sites (tertiary alicyclic amines) is 2. The van der Waals surface area contributed by atoms with Crippen LogP contribution in [-0.2, 0) is 14.4 Å². The molecule has 1 aliphatic carbocycles. The maximum absolute atomic E-state index is 13.4. The lowest BCUT2D eigenvalue weighted by atomic mass is 9.85. The van der Waals surface area contributed by atoms with Gasteiger partial charge in [0.15, 0.2) is 0 Å². The first-order valence-corrected chi connectivity index (χ1v) is 13.2. The molecule has 2 saturated heterocycles. The number of rotatable bonds is 5. The third-order valence-electron chi connectivity index (χ3n) is 7.44. The van der Waals surface area contributed by atoms with Crippen LogP contribution in [0, 0.1) is 12.8 Å². The first-order chi connectivity index (χ1) is 17.5. The van der Waals surface area contributed by atoms with Crippen LogP contribution in [0.2, 0.25) is 0 Å². The molecule has 1 unspecified atom stereocenters. The summed E-state index contributed by atoms with van der Waals surface area (Å²) in [5.41, 5.74) is 1.53. The molecule has 2 N–H and O–H groups in total. The molecule has 192 valence electrons. The number of fused-ring (bicyclic) bond motifs is 1. The van der Waals surface area contributed by atoms with Crippen LogP contribution >= 0.6 is 0 Å². The van der Waals surface area contributed by atoms with E-state index in [1.54, 1.807) is 4.90 Å². The van der Waals surface area contributed by atoms with Crippen molar-refractivity contribution in [1.82, 2.24) is 15.1 Å². The quantitative estimate of drug-likeness (QED) is 0.490. The van der Waals surface area contributed by atoms with E-state index in [0.717, 1.165) is 80.5 Å². The van der Waals surface area contributed by atoms with Gasteiger partial charge in [0.1, 0.15) is 17.4 Å². The number of furan rings is 1. The monoisotopic (exact) mass is 493 g/mol. The minimum atomic E-state index is -0.650. The number of anilines is 1. The van der Waals surface area contributed by atoms with Gasteiger partial charge in [0.2, 0.25) is 23.7 Å². The van der Waals surface area contributed by atoms with Crippen molar-refractivity contribution in [3.63, 3.8) is 0 Å². The van der Waals surface area contributed by atoms with Gasteiger partial charge in [0, 0.05) is 36.6 Å². The maximum atomic E-state index is 13.4. The molecular formula is C27H35N5O4. The highest BCUT2D eigenvalue weighted by molar-refractivity contribution is 6.06. The Balaban J connectivity index is 1.35. The predicted molar refractivity (Wildman–Crippen MR) is 138 cm³/mol. The van der Waals surface area contributed by atoms with Crippen molar-refractivity contribution in [2.75, 3.05) is 31.5 Å². The average Bonchev–Trinajstić information content (AvgIpc) is 3.43. The van der Waals surface area contributed by atoms with Crippen molar-refractivity contribution < 1.29 is 18.8 Å². The van der Waals surface area contributed by atoms with E-state index in [4.69, 9.17) is 9.41 Å². The molecule has 3 aliphatic rings. The standard InChI is InChI=1S/C27H35N5O4/c1-18-15-20-16-21(10-11-23(20)36-18)28-27(30-25(34)19-7-6-8-19)29-22-9-2-3-14-32(26(22)35)17-24(33)31-12-4-5-13-31/h10-11,15-16,19,22H,2-9,12-14,17H2,1H3,(H2,28,29,30,34). The van der Waals surface area contributed by atoms with Crippen LogP contribution in [0.25, 0.3) is 11.0 Å². The van der Waals surface area contributed by atoms with E-state index in [2.05, 4.69) is 10.6 Å². The molecule has 3 amide bonds. The van der Waals surface area contributed by atoms with Crippen molar-refractivity contribution in [3.8, 4) is 0 Å². The highest BCUT2D eigenvalue weighted by Gasteiger charge is 2.31. The highest BCUT2D eigenvalue weighted by Crippen LogP contribution is 2.27. The lowest BCUT2D eigenvalue weighted by molar-refractivity contribution is -0.140. The molecule has 0 radical (unpaired) electrons. The van der Waals surface area contributed by atoms with E-state index in [1.165, 1.54) is 0 Å². The Morgan fingerprint density at radius 2 is 1.81 bits per heavy atom. The fourth-order valence-electron chi connectivity index (χ4n) is 5.12. The van der Waals surface area contributed by atoms with Gasteiger partial charge in [-0.2, -0.15) is 0 Å². The van der Waals surface area contributed by atoms with Crippen molar-refractivity contribution in [3.05, 3.63) is 30.0 Å². The number of nitrogens with one attached hydrogen (secondary N) is 2. The molecule has 1 aromatic carbocycles. The van der Waals surface area contributed by atoms with E-state index in [1.807, 2.05) is 36.1 Å². The molecule has 2 aromatic rings. The molecule has 1 atom stereocenters. The molecule has 2 aliphatic heterocycles. The fraction of sp³-hybridized carbons (Fsp3) is 0.556. The van der Waals surface area contributed by atoms with Gasteiger partial charge in [-0.25, -0.2) is 4.99 Å². The number of nitrogens with zero attached hydrogens (tertiary/aromatic N) is 3. The van der Waals surface area contributed by atoms with Crippen molar-refractivity contribution >= 4 is 40.3 Å². The fourth-order valence-corrected chi connectivity index (χ4v) is 5.12. The lowest BCUT2D eigenvalue weighted by Gasteiger charge is -2.26. The van der Waals surface area contributed by atoms with Gasteiger partial charge in [0.05, 0.1) is 6.54 Å². The summed E-state index contributed by atoms with van der Waals surface area (Å²) in [7, 11) is 0. The van der Waals surface area contributed by atoms with Gasteiger partial charge < -0.3 is 19.5 Å². The lowest BCUT2D eigenvalue weighted by Crippen LogP contribution is -2.46. The van der Waals surface area contributed by atoms with Gasteiger partial charge in [-0.3, -0.25) is 19.7 Å². The molecule has 0 spiro atoms. The van der Waals surface area contributed by atoms with Crippen LogP contribution in [0.4, 0.5) is 5.69 Å². The maximum Gasteiger partial charge on any atom is 0.247 e. The minimum absolute atomic E-state index is 0.00539. The van der Waals surface area contributed by atoms with E-state index in [0.29, 0.717) is 13.0 Å². The normalized spacial score (nSPS) is 21.4. The van der Waals surface area contributed by atoms with Crippen LogP contribution in [0.3, 0.4) is 0 Å². The van der Waals surface area contributed by atoms with Gasteiger partial charge in [0.25, 0.3) is 0 Å². The zero-order chi connectivity index (χ0) is 25.1. The topological polar surface area (TPSA) is 107 Å². The summed E-state index contributed by atoms with van der Waals surface area (Å²) in [4.78, 5) is 47.2. The van der Waals surface area contributed by atoms with E-state index in [9.17, 15) is 14.4 Å². The SMILES string of the molecule is Cc1cc2cc(NC(=NC3CCCCN(CC(=O)N4CCCC4)C3=O)NC(=O)C3CCC3)ccc2o1. The Bertz CT molecular complexity index is 1160. The van der Waals surface area contributed by atoms with E-state index in [-0.39, 0.29) is 36.1 Å². The van der Waals surface area contributed by atoms with E-state index >= 15 is 0 Å². The zero-order valence-electron chi connectivity index (χ0n) is 20.9. The smallest absolute Gasteiger partial charge is 0.247 e. The number of hydrogen-bond acceptors (Lipinski definition) is 5. The summed E-state index contributed by atoms with van der Waals surface area (Å²) >= 11 is 0. The molecular weight excluding hydrogens is 458 g/mol. The second-order valence-corrected chi connectivity index (χ2v) is 10.2. The Morgan fingerprint density at radius 1 is 1.03 bits per heavy atom. The third kappa shape index (κ3) is 5.55. The first-order valence-electron chi connectivity index (χ1n) is 13.2. The Kier molecular flexibility index (Phi) is 7.25. The largest absolute Gasteiger partial charge is 0.461 e. The van der Waals surface area contributed by atoms with Gasteiger partial charge >= 0.3 is 0 Å². The van der Waals surface area contributed by atoms with Crippen LogP contribution < -0.4 is 10.6 Å². The number of carbonyl (C=O) groups is 3. The number of guanidine groups is 1. The molecule has 9 nitrogen and oxygen atoms in total. The number of aliphatic imine (C=N–C) groups is 1. The molecule has 36 heavy (non-hydrogen) atoms. The van der Waals surface area contributed by atoms with Crippen molar-refractivity contribution in [1.29, 1.82) is 0 Å². The molecule has 9 heteroatoms. The minimum Gasteiger partial charge on any atom is -0.461 e. The van der Waals surface area contributed by atoms with Crippen LogP contribution in [0.5, 0.6) is 0 Å². The Hall–Kier alpha value is -3.36. The summed E-state index contributed by atoms with van der Waals surface area (Å²) in [5, 5.41) is 7.12. The molecule has 5 rings (SSSR count). The second kappa shape index (κ2) is 10.7. The summed E-state index contributed by atoms with van der Waals surface area (Å²) in [5.74, 6) is 0.855. The third-order valence-corrected chi connectivity index (χ3v) is 7.44. The van der Waals surface area contributed by atoms with Crippen molar-refractivity contribution in [2.24, 2.45) is 10.9 Å². The van der Waals surface area contributed by atoms with Crippen LogP contribution in [0.1, 0.15) is 57.1 Å². The van der Waals surface area contributed by atoms with Gasteiger partial charge in [-0.15, -0.1) is 0 Å². The average molecular weight is 494 g/mol. The first kappa shape index (κ1) is 24.3. The summed E-state index contributed by atoms with van der Waals surface area (Å²) < 4.78 is 5.67. The zero-order valence-corrected chi connectivity index (χ0v) is 20.9. The molecule has 3 heterocycles. The summed E-state index contributed by atoms with van der Waals surface area (Å²) in [6.07, 6.45) is 7.08. The molecule has 3 fully saturated rings.